The number of piperazine rings is 1. The van der Waals surface area contributed by atoms with Crippen molar-refractivity contribution in [3.63, 3.8) is 0 Å². The first kappa shape index (κ1) is 12.4. The van der Waals surface area contributed by atoms with Crippen molar-refractivity contribution >= 4 is 11.7 Å². The lowest BCUT2D eigenvalue weighted by Crippen LogP contribution is -2.52. The minimum atomic E-state index is -0.0898. The highest BCUT2D eigenvalue weighted by molar-refractivity contribution is 5.89. The maximum Gasteiger partial charge on any atom is 0.321 e. The molecule has 5 nitrogen and oxygen atoms in total. The Bertz CT molecular complexity index is 463. The molecule has 1 saturated heterocycles. The summed E-state index contributed by atoms with van der Waals surface area (Å²) < 4.78 is 0. The number of nitrogens with one attached hydrogen (secondary N) is 2. The minimum Gasteiger partial charge on any atom is -0.322 e. The molecule has 0 radical (unpaired) electrons. The molecule has 0 bridgehead atoms. The van der Waals surface area contributed by atoms with E-state index in [2.05, 4.69) is 17.6 Å². The van der Waals surface area contributed by atoms with E-state index in [1.807, 2.05) is 6.07 Å². The second kappa shape index (κ2) is 5.52. The Kier molecular flexibility index (Phi) is 3.80. The van der Waals surface area contributed by atoms with Crippen molar-refractivity contribution in [3.8, 4) is 6.07 Å². The Morgan fingerprint density at radius 2 is 2.22 bits per heavy atom. The number of nitrogens with zero attached hydrogens (tertiary/aromatic N) is 2. The lowest BCUT2D eigenvalue weighted by molar-refractivity contribution is 0.192. The summed E-state index contributed by atoms with van der Waals surface area (Å²) in [5.74, 6) is 0. The Labute approximate surface area is 106 Å². The van der Waals surface area contributed by atoms with Crippen LogP contribution >= 0.6 is 0 Å². The molecule has 5 heteroatoms. The van der Waals surface area contributed by atoms with Crippen LogP contribution in [0.1, 0.15) is 12.5 Å². The fraction of sp³-hybridized carbons (Fsp3) is 0.385. The van der Waals surface area contributed by atoms with Gasteiger partial charge in [0, 0.05) is 31.4 Å². The number of amides is 2. The van der Waals surface area contributed by atoms with E-state index in [4.69, 9.17) is 5.26 Å². The average Bonchev–Trinajstić information content (AvgIpc) is 2.39. The third-order valence-electron chi connectivity index (χ3n) is 2.92. The SMILES string of the molecule is C[C@H]1CN(C(=O)Nc2ccc(C#N)cc2)CCN1. The van der Waals surface area contributed by atoms with E-state index in [0.717, 1.165) is 6.54 Å². The molecule has 2 amide bonds. The maximum absolute atomic E-state index is 12.0. The molecule has 1 aliphatic rings. The summed E-state index contributed by atoms with van der Waals surface area (Å²) in [7, 11) is 0. The molecule has 94 valence electrons. The van der Waals surface area contributed by atoms with Crippen LogP contribution in [0.4, 0.5) is 10.5 Å². The van der Waals surface area contributed by atoms with Gasteiger partial charge in [-0.15, -0.1) is 0 Å². The number of carbonyl (C=O) groups excluding carboxylic acids is 1. The van der Waals surface area contributed by atoms with E-state index in [0.29, 0.717) is 30.4 Å². The Hall–Kier alpha value is -2.06. The molecule has 1 aliphatic heterocycles. The van der Waals surface area contributed by atoms with Gasteiger partial charge in [-0.3, -0.25) is 0 Å². The summed E-state index contributed by atoms with van der Waals surface area (Å²) in [4.78, 5) is 13.8. The van der Waals surface area contributed by atoms with Crippen molar-refractivity contribution in [3.05, 3.63) is 29.8 Å². The van der Waals surface area contributed by atoms with Crippen LogP contribution in [0.25, 0.3) is 0 Å². The molecule has 0 spiro atoms. The van der Waals surface area contributed by atoms with Crippen LogP contribution in [0.3, 0.4) is 0 Å². The van der Waals surface area contributed by atoms with E-state index in [1.165, 1.54) is 0 Å². The van der Waals surface area contributed by atoms with Gasteiger partial charge in [-0.2, -0.15) is 5.26 Å². The highest BCUT2D eigenvalue weighted by atomic mass is 16.2. The molecule has 1 atom stereocenters. The molecule has 2 rings (SSSR count). The van der Waals surface area contributed by atoms with Gasteiger partial charge >= 0.3 is 6.03 Å². The summed E-state index contributed by atoms with van der Waals surface area (Å²) >= 11 is 0. The first-order valence-corrected chi connectivity index (χ1v) is 5.98. The molecule has 1 aromatic carbocycles. The average molecular weight is 244 g/mol. The van der Waals surface area contributed by atoms with Crippen LogP contribution in [0, 0.1) is 11.3 Å². The van der Waals surface area contributed by atoms with Crippen molar-refractivity contribution in [2.24, 2.45) is 0 Å². The van der Waals surface area contributed by atoms with Crippen LogP contribution in [0.15, 0.2) is 24.3 Å². The summed E-state index contributed by atoms with van der Waals surface area (Å²) in [6.45, 7) is 4.30. The van der Waals surface area contributed by atoms with Crippen LogP contribution in [-0.4, -0.2) is 36.6 Å². The monoisotopic (exact) mass is 244 g/mol. The largest absolute Gasteiger partial charge is 0.322 e. The molecular weight excluding hydrogens is 228 g/mol. The van der Waals surface area contributed by atoms with Crippen molar-refractivity contribution < 1.29 is 4.79 Å². The Morgan fingerprint density at radius 1 is 1.50 bits per heavy atom. The standard InChI is InChI=1S/C13H16N4O/c1-10-9-17(7-6-15-10)13(18)16-12-4-2-11(8-14)3-5-12/h2-5,10,15H,6-7,9H2,1H3,(H,16,18)/t10-/m0/s1. The zero-order valence-electron chi connectivity index (χ0n) is 10.3. The number of rotatable bonds is 1. The van der Waals surface area contributed by atoms with Gasteiger partial charge in [0.25, 0.3) is 0 Å². The molecule has 1 heterocycles. The number of hydrogen-bond donors (Lipinski definition) is 2. The molecule has 0 saturated carbocycles. The number of nitriles is 1. The zero-order valence-corrected chi connectivity index (χ0v) is 10.3. The fourth-order valence-electron chi connectivity index (χ4n) is 1.95. The molecular formula is C13H16N4O. The van der Waals surface area contributed by atoms with Crippen molar-refractivity contribution in [2.45, 2.75) is 13.0 Å². The van der Waals surface area contributed by atoms with E-state index in [9.17, 15) is 4.79 Å². The maximum atomic E-state index is 12.0. The third-order valence-corrected chi connectivity index (χ3v) is 2.92. The molecule has 0 aromatic heterocycles. The Morgan fingerprint density at radius 3 is 2.83 bits per heavy atom. The number of benzene rings is 1. The summed E-state index contributed by atoms with van der Waals surface area (Å²) in [5, 5.41) is 14.8. The molecule has 1 aromatic rings. The van der Waals surface area contributed by atoms with E-state index < -0.39 is 0 Å². The first-order valence-electron chi connectivity index (χ1n) is 5.98. The van der Waals surface area contributed by atoms with Gasteiger partial charge in [0.2, 0.25) is 0 Å². The van der Waals surface area contributed by atoms with E-state index >= 15 is 0 Å². The molecule has 18 heavy (non-hydrogen) atoms. The quantitative estimate of drug-likeness (QED) is 0.784. The number of hydrogen-bond acceptors (Lipinski definition) is 3. The number of carbonyl (C=O) groups is 1. The summed E-state index contributed by atoms with van der Waals surface area (Å²) in [5.41, 5.74) is 1.30. The van der Waals surface area contributed by atoms with E-state index in [-0.39, 0.29) is 6.03 Å². The van der Waals surface area contributed by atoms with Gasteiger partial charge in [-0.1, -0.05) is 0 Å². The lowest BCUT2D eigenvalue weighted by atomic mass is 10.2. The molecule has 2 N–H and O–H groups in total. The molecule has 0 unspecified atom stereocenters. The first-order chi connectivity index (χ1) is 8.69. The predicted molar refractivity (Wildman–Crippen MR) is 69.2 cm³/mol. The van der Waals surface area contributed by atoms with Crippen molar-refractivity contribution in [1.82, 2.24) is 10.2 Å². The topological polar surface area (TPSA) is 68.2 Å². The second-order valence-corrected chi connectivity index (χ2v) is 4.42. The lowest BCUT2D eigenvalue weighted by Gasteiger charge is -2.31. The van der Waals surface area contributed by atoms with Gasteiger partial charge in [0.15, 0.2) is 0 Å². The number of urea groups is 1. The van der Waals surface area contributed by atoms with Crippen molar-refractivity contribution in [1.29, 1.82) is 5.26 Å². The van der Waals surface area contributed by atoms with Gasteiger partial charge in [0.05, 0.1) is 11.6 Å². The summed E-state index contributed by atoms with van der Waals surface area (Å²) in [6, 6.07) is 9.14. The van der Waals surface area contributed by atoms with Gasteiger partial charge in [0.1, 0.15) is 0 Å². The minimum absolute atomic E-state index is 0.0898. The highest BCUT2D eigenvalue weighted by Crippen LogP contribution is 2.10. The third kappa shape index (κ3) is 2.99. The van der Waals surface area contributed by atoms with Crippen LogP contribution < -0.4 is 10.6 Å². The summed E-state index contributed by atoms with van der Waals surface area (Å²) in [6.07, 6.45) is 0. The van der Waals surface area contributed by atoms with Crippen LogP contribution in [0.5, 0.6) is 0 Å². The Balaban J connectivity index is 1.96. The molecule has 0 aliphatic carbocycles. The molecule has 1 fully saturated rings. The van der Waals surface area contributed by atoms with Gasteiger partial charge in [-0.05, 0) is 31.2 Å². The van der Waals surface area contributed by atoms with Crippen LogP contribution in [0.2, 0.25) is 0 Å². The van der Waals surface area contributed by atoms with Crippen molar-refractivity contribution in [2.75, 3.05) is 25.0 Å². The zero-order chi connectivity index (χ0) is 13.0. The predicted octanol–water partition coefficient (Wildman–Crippen LogP) is 1.38. The normalized spacial score (nSPS) is 19.1. The highest BCUT2D eigenvalue weighted by Gasteiger charge is 2.20. The number of anilines is 1. The van der Waals surface area contributed by atoms with Gasteiger partial charge < -0.3 is 15.5 Å². The van der Waals surface area contributed by atoms with E-state index in [1.54, 1.807) is 29.2 Å². The smallest absolute Gasteiger partial charge is 0.321 e. The van der Waals surface area contributed by atoms with Gasteiger partial charge in [-0.25, -0.2) is 4.79 Å². The fourth-order valence-corrected chi connectivity index (χ4v) is 1.95. The second-order valence-electron chi connectivity index (χ2n) is 4.42. The van der Waals surface area contributed by atoms with Crippen LogP contribution in [-0.2, 0) is 0 Å².